The molecule has 3 rings (SSSR count). The minimum atomic E-state index is -3.93. The van der Waals surface area contributed by atoms with Crippen LogP contribution in [-0.4, -0.2) is 58.0 Å². The van der Waals surface area contributed by atoms with Gasteiger partial charge in [-0.05, 0) is 54.8 Å². The maximum Gasteiger partial charge on any atom is 0.243 e. The lowest BCUT2D eigenvalue weighted by molar-refractivity contribution is -0.121. The van der Waals surface area contributed by atoms with Crippen LogP contribution in [0.4, 0.5) is 4.39 Å². The molecule has 1 aliphatic rings. The van der Waals surface area contributed by atoms with Crippen LogP contribution in [0, 0.1) is 5.82 Å². The molecule has 0 radical (unpaired) electrons. The van der Waals surface area contributed by atoms with Crippen molar-refractivity contribution in [3.8, 4) is 0 Å². The van der Waals surface area contributed by atoms with Gasteiger partial charge in [0, 0.05) is 26.7 Å². The molecule has 1 amide bonds. The van der Waals surface area contributed by atoms with Gasteiger partial charge in [0.05, 0.1) is 16.3 Å². The number of carbonyl (C=O) groups excluding carboxylic acids is 1. The first-order chi connectivity index (χ1) is 15.1. The zero-order chi connectivity index (χ0) is 23.4. The molecule has 0 aromatic heterocycles. The maximum absolute atomic E-state index is 13.0. The highest BCUT2D eigenvalue weighted by Gasteiger charge is 2.26. The van der Waals surface area contributed by atoms with Crippen LogP contribution in [0.25, 0.3) is 0 Å². The number of amides is 1. The van der Waals surface area contributed by atoms with Crippen molar-refractivity contribution in [2.24, 2.45) is 0 Å². The molecule has 1 N–H and O–H groups in total. The Labute approximate surface area is 188 Å². The summed E-state index contributed by atoms with van der Waals surface area (Å²) < 4.78 is 65.7. The molecule has 32 heavy (non-hydrogen) atoms. The van der Waals surface area contributed by atoms with Crippen LogP contribution in [0.3, 0.4) is 0 Å². The average Bonchev–Trinajstić information content (AvgIpc) is 2.79. The monoisotopic (exact) mass is 483 g/mol. The fourth-order valence-electron chi connectivity index (χ4n) is 3.36. The topological polar surface area (TPSA) is 104 Å². The molecule has 1 saturated heterocycles. The van der Waals surface area contributed by atoms with Crippen molar-refractivity contribution in [1.82, 2.24) is 13.9 Å². The number of likely N-dealkylation sites (N-methyl/N-ethyl adjacent to an activating group) is 1. The molecule has 0 unspecified atom stereocenters. The lowest BCUT2D eigenvalue weighted by Gasteiger charge is -2.25. The van der Waals surface area contributed by atoms with Gasteiger partial charge in [-0.25, -0.2) is 21.2 Å². The number of nitrogens with zero attached hydrogens (tertiary/aromatic N) is 2. The molecule has 0 saturated carbocycles. The van der Waals surface area contributed by atoms with E-state index >= 15 is 0 Å². The number of sulfonamides is 2. The molecule has 1 fully saturated rings. The normalized spacial score (nSPS) is 15.6. The van der Waals surface area contributed by atoms with Crippen molar-refractivity contribution in [2.75, 3.05) is 26.7 Å². The van der Waals surface area contributed by atoms with Gasteiger partial charge in [0.15, 0.2) is 0 Å². The Morgan fingerprint density at radius 1 is 0.938 bits per heavy atom. The fourth-order valence-corrected chi connectivity index (χ4v) is 6.01. The number of nitrogens with one attached hydrogen (secondary N) is 1. The number of rotatable bonds is 8. The van der Waals surface area contributed by atoms with Crippen LogP contribution in [0.1, 0.15) is 24.8 Å². The number of piperidine rings is 1. The summed E-state index contributed by atoms with van der Waals surface area (Å²) in [6.45, 7) is 0.747. The highest BCUT2D eigenvalue weighted by atomic mass is 32.2. The van der Waals surface area contributed by atoms with Crippen molar-refractivity contribution in [2.45, 2.75) is 35.6 Å². The van der Waals surface area contributed by atoms with Crippen molar-refractivity contribution >= 4 is 26.0 Å². The molecular formula is C21H26FN3O5S2. The second-order valence-electron chi connectivity index (χ2n) is 7.60. The third kappa shape index (κ3) is 5.71. The lowest BCUT2D eigenvalue weighted by Crippen LogP contribution is -2.38. The SMILES string of the molecule is CN(CC(=O)NCc1ccc(S(=O)(=O)N2CCCCC2)cc1)S(=O)(=O)c1ccc(F)cc1. The summed E-state index contributed by atoms with van der Waals surface area (Å²) in [7, 11) is -6.19. The summed E-state index contributed by atoms with van der Waals surface area (Å²) in [6.07, 6.45) is 2.74. The lowest BCUT2D eigenvalue weighted by atomic mass is 10.2. The second-order valence-corrected chi connectivity index (χ2v) is 11.6. The van der Waals surface area contributed by atoms with Crippen molar-refractivity contribution < 1.29 is 26.0 Å². The zero-order valence-electron chi connectivity index (χ0n) is 17.7. The quantitative estimate of drug-likeness (QED) is 0.618. The smallest absolute Gasteiger partial charge is 0.243 e. The predicted octanol–water partition coefficient (Wildman–Crippen LogP) is 1.94. The van der Waals surface area contributed by atoms with E-state index in [1.54, 1.807) is 12.1 Å². The van der Waals surface area contributed by atoms with E-state index in [4.69, 9.17) is 0 Å². The van der Waals surface area contributed by atoms with Crippen LogP contribution in [0.15, 0.2) is 58.3 Å². The van der Waals surface area contributed by atoms with Gasteiger partial charge in [0.25, 0.3) is 0 Å². The van der Waals surface area contributed by atoms with Gasteiger partial charge in [-0.3, -0.25) is 4.79 Å². The van der Waals surface area contributed by atoms with E-state index < -0.39 is 38.3 Å². The summed E-state index contributed by atoms with van der Waals surface area (Å²) in [5.74, 6) is -1.08. The molecule has 0 aliphatic carbocycles. The van der Waals surface area contributed by atoms with Gasteiger partial charge in [0.1, 0.15) is 5.82 Å². The second kappa shape index (κ2) is 10.1. The number of hydrogen-bond acceptors (Lipinski definition) is 5. The summed E-state index contributed by atoms with van der Waals surface area (Å²) in [6, 6.07) is 10.6. The number of halogens is 1. The number of carbonyl (C=O) groups is 1. The molecule has 174 valence electrons. The minimum Gasteiger partial charge on any atom is -0.351 e. The first kappa shape index (κ1) is 24.3. The number of benzene rings is 2. The van der Waals surface area contributed by atoms with Crippen LogP contribution in [0.2, 0.25) is 0 Å². The van der Waals surface area contributed by atoms with Crippen LogP contribution < -0.4 is 5.32 Å². The Balaban J connectivity index is 1.56. The fraction of sp³-hybridized carbons (Fsp3) is 0.381. The highest BCUT2D eigenvalue weighted by Crippen LogP contribution is 2.21. The third-order valence-electron chi connectivity index (χ3n) is 5.25. The van der Waals surface area contributed by atoms with Crippen molar-refractivity contribution in [1.29, 1.82) is 0 Å². The van der Waals surface area contributed by atoms with Gasteiger partial charge in [-0.15, -0.1) is 0 Å². The first-order valence-corrected chi connectivity index (χ1v) is 13.1. The molecule has 11 heteroatoms. The summed E-state index contributed by atoms with van der Waals surface area (Å²) in [5, 5.41) is 2.62. The standard InChI is InChI=1S/C21H26FN3O5S2/c1-24(31(27,28)19-11-7-18(22)8-12-19)16-21(26)23-15-17-5-9-20(10-6-17)32(29,30)25-13-3-2-4-14-25/h5-12H,2-4,13-16H2,1H3,(H,23,26). The molecular weight excluding hydrogens is 457 g/mol. The maximum atomic E-state index is 13.0. The molecule has 0 atom stereocenters. The largest absolute Gasteiger partial charge is 0.351 e. The Bertz CT molecular complexity index is 1140. The molecule has 1 heterocycles. The van der Waals surface area contributed by atoms with E-state index in [0.717, 1.165) is 47.8 Å². The van der Waals surface area contributed by atoms with E-state index in [0.29, 0.717) is 18.7 Å². The summed E-state index contributed by atoms with van der Waals surface area (Å²) >= 11 is 0. The molecule has 2 aromatic rings. The molecule has 8 nitrogen and oxygen atoms in total. The van der Waals surface area contributed by atoms with Crippen LogP contribution in [0.5, 0.6) is 0 Å². The van der Waals surface area contributed by atoms with Crippen molar-refractivity contribution in [3.05, 3.63) is 59.9 Å². The molecule has 2 aromatic carbocycles. The van der Waals surface area contributed by atoms with Gasteiger partial charge >= 0.3 is 0 Å². The Morgan fingerprint density at radius 2 is 1.50 bits per heavy atom. The van der Waals surface area contributed by atoms with E-state index in [1.807, 2.05) is 0 Å². The van der Waals surface area contributed by atoms with E-state index in [1.165, 1.54) is 23.5 Å². The highest BCUT2D eigenvalue weighted by molar-refractivity contribution is 7.89. The van der Waals surface area contributed by atoms with Gasteiger partial charge in [-0.1, -0.05) is 18.6 Å². The molecule has 0 bridgehead atoms. The van der Waals surface area contributed by atoms with Crippen molar-refractivity contribution in [3.63, 3.8) is 0 Å². The molecule has 0 spiro atoms. The van der Waals surface area contributed by atoms with Gasteiger partial charge in [0.2, 0.25) is 26.0 Å². The van der Waals surface area contributed by atoms with E-state index in [9.17, 15) is 26.0 Å². The molecule has 1 aliphatic heterocycles. The Hall–Kier alpha value is -2.34. The van der Waals surface area contributed by atoms with Gasteiger partial charge in [-0.2, -0.15) is 8.61 Å². The third-order valence-corrected chi connectivity index (χ3v) is 8.98. The Kier molecular flexibility index (Phi) is 7.65. The minimum absolute atomic E-state index is 0.111. The van der Waals surface area contributed by atoms with Gasteiger partial charge < -0.3 is 5.32 Å². The van der Waals surface area contributed by atoms with Crippen LogP contribution >= 0.6 is 0 Å². The van der Waals surface area contributed by atoms with Crippen LogP contribution in [-0.2, 0) is 31.4 Å². The first-order valence-electron chi connectivity index (χ1n) is 10.2. The Morgan fingerprint density at radius 3 is 2.09 bits per heavy atom. The summed E-state index contributed by atoms with van der Waals surface area (Å²) in [4.78, 5) is 12.3. The summed E-state index contributed by atoms with van der Waals surface area (Å²) in [5.41, 5.74) is 0.681. The van der Waals surface area contributed by atoms with E-state index in [2.05, 4.69) is 5.32 Å². The average molecular weight is 484 g/mol. The number of hydrogen-bond donors (Lipinski definition) is 1. The zero-order valence-corrected chi connectivity index (χ0v) is 19.3. The predicted molar refractivity (Wildman–Crippen MR) is 117 cm³/mol. The van der Waals surface area contributed by atoms with E-state index in [-0.39, 0.29) is 16.3 Å².